The van der Waals surface area contributed by atoms with Gasteiger partial charge in [-0.3, -0.25) is 4.79 Å². The van der Waals surface area contributed by atoms with Gasteiger partial charge in [0.15, 0.2) is 0 Å². The van der Waals surface area contributed by atoms with Crippen molar-refractivity contribution in [3.8, 4) is 0 Å². The lowest BCUT2D eigenvalue weighted by Gasteiger charge is -2.07. The standard InChI is InChI=1S/C3H3Br2NO3/c4-3(5,1(6)7)2(8)9/h(H2,6,7)(H,8,9). The molecule has 0 aromatic heterocycles. The fraction of sp³-hybridized carbons (Fsp3) is 0.333. The third-order valence-corrected chi connectivity index (χ3v) is 2.04. The van der Waals surface area contributed by atoms with Gasteiger partial charge in [-0.15, -0.1) is 0 Å². The van der Waals surface area contributed by atoms with E-state index in [2.05, 4.69) is 37.6 Å². The fourth-order valence-electron chi connectivity index (χ4n) is 0.105. The molecule has 4 nitrogen and oxygen atoms in total. The predicted octanol–water partition coefficient (Wildman–Crippen LogP) is 0.0424. The summed E-state index contributed by atoms with van der Waals surface area (Å²) in [6.45, 7) is 0. The van der Waals surface area contributed by atoms with Gasteiger partial charge in [-0.05, 0) is 31.9 Å². The van der Waals surface area contributed by atoms with Crippen LogP contribution in [0.5, 0.6) is 0 Å². The van der Waals surface area contributed by atoms with E-state index in [4.69, 9.17) is 5.11 Å². The van der Waals surface area contributed by atoms with E-state index < -0.39 is 15.1 Å². The quantitative estimate of drug-likeness (QED) is 0.544. The van der Waals surface area contributed by atoms with Crippen molar-refractivity contribution in [3.05, 3.63) is 0 Å². The Labute approximate surface area is 67.7 Å². The molecule has 6 heteroatoms. The molecule has 0 radical (unpaired) electrons. The summed E-state index contributed by atoms with van der Waals surface area (Å²) in [5.41, 5.74) is 4.66. The predicted molar refractivity (Wildman–Crippen MR) is 37.4 cm³/mol. The molecule has 0 aliphatic carbocycles. The Morgan fingerprint density at radius 1 is 1.44 bits per heavy atom. The molecule has 0 aliphatic heterocycles. The van der Waals surface area contributed by atoms with Gasteiger partial charge in [-0.1, -0.05) is 0 Å². The van der Waals surface area contributed by atoms with Crippen LogP contribution in [0.25, 0.3) is 0 Å². The number of carboxylic acid groups (broad SMARTS) is 1. The number of amides is 1. The molecule has 9 heavy (non-hydrogen) atoms. The topological polar surface area (TPSA) is 80.4 Å². The number of carbonyl (C=O) groups excluding carboxylic acids is 1. The Morgan fingerprint density at radius 3 is 1.78 bits per heavy atom. The first-order valence-corrected chi connectivity index (χ1v) is 3.38. The minimum absolute atomic E-state index is 0.991. The van der Waals surface area contributed by atoms with Gasteiger partial charge in [0, 0.05) is 0 Å². The van der Waals surface area contributed by atoms with Gasteiger partial charge in [0.25, 0.3) is 9.14 Å². The Balaban J connectivity index is 4.38. The Morgan fingerprint density at radius 2 is 1.78 bits per heavy atom. The van der Waals surface area contributed by atoms with Crippen molar-refractivity contribution < 1.29 is 14.7 Å². The smallest absolute Gasteiger partial charge is 0.341 e. The van der Waals surface area contributed by atoms with Crippen molar-refractivity contribution >= 4 is 43.7 Å². The minimum atomic E-state index is -1.82. The summed E-state index contributed by atoms with van der Waals surface area (Å²) in [4.78, 5) is 20.3. The molecule has 0 fully saturated rings. The molecule has 0 aromatic rings. The molecule has 0 aliphatic rings. The van der Waals surface area contributed by atoms with E-state index in [9.17, 15) is 9.59 Å². The van der Waals surface area contributed by atoms with Crippen LogP contribution in [0.4, 0.5) is 0 Å². The molecule has 0 spiro atoms. The average Bonchev–Trinajstić information content (AvgIpc) is 1.65. The van der Waals surface area contributed by atoms with Crippen LogP contribution >= 0.6 is 31.9 Å². The summed E-state index contributed by atoms with van der Waals surface area (Å²) < 4.78 is -1.82. The van der Waals surface area contributed by atoms with E-state index in [0.717, 1.165) is 0 Å². The summed E-state index contributed by atoms with van der Waals surface area (Å²) in [5.74, 6) is -2.36. The van der Waals surface area contributed by atoms with Crippen LogP contribution in [-0.4, -0.2) is 20.2 Å². The number of carbonyl (C=O) groups is 2. The molecule has 3 N–H and O–H groups in total. The first kappa shape index (κ1) is 8.90. The average molecular weight is 261 g/mol. The summed E-state index contributed by atoms with van der Waals surface area (Å²) >= 11 is 5.11. The number of hydrogen-bond acceptors (Lipinski definition) is 2. The van der Waals surface area contributed by atoms with E-state index in [1.165, 1.54) is 0 Å². The van der Waals surface area contributed by atoms with Crippen LogP contribution in [0.1, 0.15) is 0 Å². The lowest BCUT2D eigenvalue weighted by atomic mass is 10.4. The molecular weight excluding hydrogens is 258 g/mol. The third kappa shape index (κ3) is 1.94. The second kappa shape index (κ2) is 2.66. The summed E-state index contributed by atoms with van der Waals surface area (Å²) in [6.07, 6.45) is 0. The lowest BCUT2D eigenvalue weighted by molar-refractivity contribution is -0.139. The maximum atomic E-state index is 10.2. The minimum Gasteiger partial charge on any atom is -0.479 e. The van der Waals surface area contributed by atoms with Gasteiger partial charge in [-0.25, -0.2) is 4.79 Å². The summed E-state index contributed by atoms with van der Waals surface area (Å²) in [7, 11) is 0. The van der Waals surface area contributed by atoms with Gasteiger partial charge in [-0.2, -0.15) is 0 Å². The van der Waals surface area contributed by atoms with Crippen LogP contribution in [0, 0.1) is 0 Å². The first-order chi connectivity index (χ1) is 3.89. The van der Waals surface area contributed by atoms with E-state index in [1.54, 1.807) is 0 Å². The number of halogens is 2. The third-order valence-electron chi connectivity index (χ3n) is 0.578. The van der Waals surface area contributed by atoms with Crippen molar-refractivity contribution in [2.24, 2.45) is 5.73 Å². The second-order valence-electron chi connectivity index (χ2n) is 1.24. The van der Waals surface area contributed by atoms with Crippen LogP contribution in [-0.2, 0) is 9.59 Å². The van der Waals surface area contributed by atoms with Gasteiger partial charge < -0.3 is 10.8 Å². The lowest BCUT2D eigenvalue weighted by Crippen LogP contribution is -2.39. The molecule has 0 bridgehead atoms. The van der Waals surface area contributed by atoms with Gasteiger partial charge in [0.05, 0.1) is 0 Å². The normalized spacial score (nSPS) is 10.9. The number of nitrogens with two attached hydrogens (primary N) is 1. The SMILES string of the molecule is NC(=O)C(Br)(Br)C(=O)O. The van der Waals surface area contributed by atoms with E-state index in [1.807, 2.05) is 0 Å². The van der Waals surface area contributed by atoms with Crippen molar-refractivity contribution in [2.75, 3.05) is 0 Å². The summed E-state index contributed by atoms with van der Waals surface area (Å²) in [5, 5.41) is 8.22. The van der Waals surface area contributed by atoms with Crippen LogP contribution in [0.2, 0.25) is 0 Å². The van der Waals surface area contributed by atoms with E-state index in [-0.39, 0.29) is 0 Å². The molecule has 0 saturated heterocycles. The monoisotopic (exact) mass is 259 g/mol. The van der Waals surface area contributed by atoms with Crippen molar-refractivity contribution in [1.82, 2.24) is 0 Å². The van der Waals surface area contributed by atoms with Crippen molar-refractivity contribution in [3.63, 3.8) is 0 Å². The zero-order valence-electron chi connectivity index (χ0n) is 4.10. The number of alkyl halides is 2. The zero-order chi connectivity index (χ0) is 7.65. The van der Waals surface area contributed by atoms with Gasteiger partial charge >= 0.3 is 5.97 Å². The molecule has 0 aromatic carbocycles. The van der Waals surface area contributed by atoms with Crippen LogP contribution in [0.3, 0.4) is 0 Å². The Bertz CT molecular complexity index is 139. The number of hydrogen-bond donors (Lipinski definition) is 2. The second-order valence-corrected chi connectivity index (χ2v) is 4.69. The van der Waals surface area contributed by atoms with Crippen molar-refractivity contribution in [1.29, 1.82) is 0 Å². The number of carboxylic acids is 1. The van der Waals surface area contributed by atoms with Gasteiger partial charge in [0.2, 0.25) is 0 Å². The van der Waals surface area contributed by atoms with E-state index in [0.29, 0.717) is 0 Å². The molecule has 0 unspecified atom stereocenters. The number of primary amides is 1. The molecule has 0 saturated carbocycles. The molecular formula is C3H3Br2NO3. The number of aliphatic carboxylic acids is 1. The molecule has 52 valence electrons. The number of rotatable bonds is 2. The van der Waals surface area contributed by atoms with Crippen LogP contribution in [0.15, 0.2) is 0 Å². The molecule has 0 atom stereocenters. The molecule has 0 rings (SSSR count). The summed E-state index contributed by atoms with van der Waals surface area (Å²) in [6, 6.07) is 0. The van der Waals surface area contributed by atoms with Gasteiger partial charge in [0.1, 0.15) is 0 Å². The van der Waals surface area contributed by atoms with Crippen LogP contribution < -0.4 is 5.73 Å². The highest BCUT2D eigenvalue weighted by Gasteiger charge is 2.38. The molecule has 1 amide bonds. The highest BCUT2D eigenvalue weighted by molar-refractivity contribution is 9.26. The highest BCUT2D eigenvalue weighted by Crippen LogP contribution is 2.25. The zero-order valence-corrected chi connectivity index (χ0v) is 7.27. The first-order valence-electron chi connectivity index (χ1n) is 1.80. The Hall–Kier alpha value is -0.100. The van der Waals surface area contributed by atoms with E-state index >= 15 is 0 Å². The fourth-order valence-corrected chi connectivity index (χ4v) is 0.105. The largest absolute Gasteiger partial charge is 0.479 e. The van der Waals surface area contributed by atoms with Crippen molar-refractivity contribution in [2.45, 2.75) is 3.23 Å². The maximum Gasteiger partial charge on any atom is 0.341 e. The molecule has 0 heterocycles. The maximum absolute atomic E-state index is 10.2. The highest BCUT2D eigenvalue weighted by atomic mass is 79.9. The Kier molecular flexibility index (Phi) is 2.63.